The van der Waals surface area contributed by atoms with Crippen LogP contribution in [-0.4, -0.2) is 27.3 Å². The second-order valence-electron chi connectivity index (χ2n) is 3.54. The molecule has 0 bridgehead atoms. The molecule has 0 amide bonds. The third-order valence-electron chi connectivity index (χ3n) is 2.47. The molecule has 0 saturated carbocycles. The highest BCUT2D eigenvalue weighted by molar-refractivity contribution is 9.09. The van der Waals surface area contributed by atoms with Crippen molar-refractivity contribution in [1.82, 2.24) is 9.36 Å². The molecule has 1 saturated heterocycles. The maximum absolute atomic E-state index is 12.3. The van der Waals surface area contributed by atoms with Crippen LogP contribution in [0.2, 0.25) is 0 Å². The van der Waals surface area contributed by atoms with Crippen LogP contribution in [0.4, 0.5) is 18.3 Å². The van der Waals surface area contributed by atoms with Crippen LogP contribution in [0.5, 0.6) is 0 Å². The van der Waals surface area contributed by atoms with Crippen molar-refractivity contribution in [3.8, 4) is 0 Å². The van der Waals surface area contributed by atoms with Gasteiger partial charge in [-0.15, -0.1) is 0 Å². The number of hydrogen-bond acceptors (Lipinski definition) is 4. The molecule has 3 nitrogen and oxygen atoms in total. The summed E-state index contributed by atoms with van der Waals surface area (Å²) in [6.45, 7) is 0.753. The first kappa shape index (κ1) is 12.1. The molecular weight excluding hydrogens is 307 g/mol. The average molecular weight is 316 g/mol. The fourth-order valence-electron chi connectivity index (χ4n) is 1.70. The first-order valence-corrected chi connectivity index (χ1v) is 6.65. The van der Waals surface area contributed by atoms with Crippen molar-refractivity contribution in [1.29, 1.82) is 0 Å². The Balaban J connectivity index is 2.18. The summed E-state index contributed by atoms with van der Waals surface area (Å²) in [7, 11) is 0. The molecule has 2 heterocycles. The van der Waals surface area contributed by atoms with E-state index in [1.54, 1.807) is 0 Å². The summed E-state index contributed by atoms with van der Waals surface area (Å²) in [4.78, 5) is 5.44. The molecule has 1 atom stereocenters. The fraction of sp³-hybridized carbons (Fsp3) is 0.750. The van der Waals surface area contributed by atoms with E-state index in [-0.39, 0.29) is 6.04 Å². The molecule has 1 fully saturated rings. The van der Waals surface area contributed by atoms with Gasteiger partial charge in [0.2, 0.25) is 11.0 Å². The van der Waals surface area contributed by atoms with Crippen molar-refractivity contribution in [2.75, 3.05) is 16.8 Å². The van der Waals surface area contributed by atoms with Crippen LogP contribution in [0.1, 0.15) is 18.7 Å². The van der Waals surface area contributed by atoms with E-state index in [9.17, 15) is 13.2 Å². The third-order valence-corrected chi connectivity index (χ3v) is 3.97. The molecule has 0 aromatic carbocycles. The van der Waals surface area contributed by atoms with E-state index >= 15 is 0 Å². The van der Waals surface area contributed by atoms with Gasteiger partial charge in [0.15, 0.2) is 0 Å². The number of anilines is 1. The van der Waals surface area contributed by atoms with Gasteiger partial charge in [0.05, 0.1) is 0 Å². The molecule has 1 aromatic heterocycles. The lowest BCUT2D eigenvalue weighted by atomic mass is 10.2. The van der Waals surface area contributed by atoms with Crippen LogP contribution in [0.25, 0.3) is 0 Å². The molecule has 1 aliphatic heterocycles. The lowest BCUT2D eigenvalue weighted by Gasteiger charge is -2.21. The maximum Gasteiger partial charge on any atom is 0.452 e. The predicted octanol–water partition coefficient (Wildman–Crippen LogP) is 2.92. The lowest BCUT2D eigenvalue weighted by molar-refractivity contribution is -0.144. The standard InChI is InChI=1S/C8H9BrF3N3S/c9-4-5-2-1-3-15(5)7-13-6(14-16-7)8(10,11)12/h5H,1-4H2. The van der Waals surface area contributed by atoms with Gasteiger partial charge in [0.1, 0.15) is 0 Å². The van der Waals surface area contributed by atoms with Crippen LogP contribution in [0, 0.1) is 0 Å². The minimum absolute atomic E-state index is 0.231. The van der Waals surface area contributed by atoms with Crippen LogP contribution in [0.15, 0.2) is 0 Å². The zero-order valence-corrected chi connectivity index (χ0v) is 10.6. The summed E-state index contributed by atoms with van der Waals surface area (Å²) < 4.78 is 40.3. The Bertz CT molecular complexity index is 368. The van der Waals surface area contributed by atoms with Gasteiger partial charge in [0, 0.05) is 29.4 Å². The van der Waals surface area contributed by atoms with E-state index < -0.39 is 12.0 Å². The van der Waals surface area contributed by atoms with Crippen molar-refractivity contribution in [2.45, 2.75) is 25.1 Å². The van der Waals surface area contributed by atoms with Crippen LogP contribution in [0.3, 0.4) is 0 Å². The summed E-state index contributed by atoms with van der Waals surface area (Å²) in [6, 6.07) is 0.231. The number of rotatable bonds is 2. The van der Waals surface area contributed by atoms with Crippen LogP contribution < -0.4 is 4.90 Å². The van der Waals surface area contributed by atoms with E-state index in [0.717, 1.165) is 36.2 Å². The van der Waals surface area contributed by atoms with Gasteiger partial charge < -0.3 is 4.90 Å². The van der Waals surface area contributed by atoms with Crippen molar-refractivity contribution in [2.24, 2.45) is 0 Å². The molecule has 1 aromatic rings. The largest absolute Gasteiger partial charge is 0.452 e. The topological polar surface area (TPSA) is 29.0 Å². The number of hydrogen-bond donors (Lipinski definition) is 0. The highest BCUT2D eigenvalue weighted by Crippen LogP contribution is 2.33. The van der Waals surface area contributed by atoms with Gasteiger partial charge >= 0.3 is 6.18 Å². The van der Waals surface area contributed by atoms with Crippen molar-refractivity contribution in [3.05, 3.63) is 5.82 Å². The highest BCUT2D eigenvalue weighted by atomic mass is 79.9. The number of nitrogens with zero attached hydrogens (tertiary/aromatic N) is 3. The Labute approximate surface area is 103 Å². The molecule has 8 heteroatoms. The fourth-order valence-corrected chi connectivity index (χ4v) is 3.15. The second-order valence-corrected chi connectivity index (χ2v) is 4.92. The van der Waals surface area contributed by atoms with Crippen molar-refractivity contribution in [3.63, 3.8) is 0 Å². The van der Waals surface area contributed by atoms with E-state index in [0.29, 0.717) is 5.13 Å². The minimum atomic E-state index is -4.45. The van der Waals surface area contributed by atoms with Crippen molar-refractivity contribution >= 4 is 32.6 Å². The number of halogens is 4. The van der Waals surface area contributed by atoms with Gasteiger partial charge in [0.25, 0.3) is 0 Å². The Morgan fingerprint density at radius 1 is 1.50 bits per heavy atom. The molecular formula is C8H9BrF3N3S. The third kappa shape index (κ3) is 2.32. The van der Waals surface area contributed by atoms with E-state index in [4.69, 9.17) is 0 Å². The summed E-state index contributed by atoms with van der Waals surface area (Å²) in [5.41, 5.74) is 0. The number of aromatic nitrogens is 2. The Hall–Kier alpha value is -0.370. The van der Waals surface area contributed by atoms with E-state index in [1.165, 1.54) is 0 Å². The molecule has 2 rings (SSSR count). The second kappa shape index (κ2) is 4.48. The zero-order valence-electron chi connectivity index (χ0n) is 8.17. The minimum Gasteiger partial charge on any atom is -0.343 e. The quantitative estimate of drug-likeness (QED) is 0.786. The normalized spacial score (nSPS) is 21.8. The molecule has 1 unspecified atom stereocenters. The first-order chi connectivity index (χ1) is 7.52. The summed E-state index contributed by atoms with van der Waals surface area (Å²) in [5.74, 6) is -1.03. The average Bonchev–Trinajstić information content (AvgIpc) is 2.84. The zero-order chi connectivity index (χ0) is 11.8. The van der Waals surface area contributed by atoms with Crippen LogP contribution in [-0.2, 0) is 6.18 Å². The molecule has 0 aliphatic carbocycles. The SMILES string of the molecule is FC(F)(F)c1nsc(N2CCCC2CBr)n1. The van der Waals surface area contributed by atoms with Gasteiger partial charge in [-0.1, -0.05) is 15.9 Å². The summed E-state index contributed by atoms with van der Waals surface area (Å²) >= 11 is 4.17. The Morgan fingerprint density at radius 3 is 2.81 bits per heavy atom. The maximum atomic E-state index is 12.3. The Morgan fingerprint density at radius 2 is 2.25 bits per heavy atom. The van der Waals surface area contributed by atoms with Gasteiger partial charge in [-0.05, 0) is 12.8 Å². The molecule has 90 valence electrons. The van der Waals surface area contributed by atoms with Crippen molar-refractivity contribution < 1.29 is 13.2 Å². The molecule has 0 spiro atoms. The van der Waals surface area contributed by atoms with E-state index in [2.05, 4.69) is 25.3 Å². The Kier molecular flexibility index (Phi) is 3.39. The highest BCUT2D eigenvalue weighted by Gasteiger charge is 2.37. The summed E-state index contributed by atoms with van der Waals surface area (Å²) in [6.07, 6.45) is -2.48. The van der Waals surface area contributed by atoms with Gasteiger partial charge in [-0.25, -0.2) is 0 Å². The number of alkyl halides is 4. The monoisotopic (exact) mass is 315 g/mol. The first-order valence-electron chi connectivity index (χ1n) is 4.76. The molecule has 16 heavy (non-hydrogen) atoms. The predicted molar refractivity (Wildman–Crippen MR) is 59.1 cm³/mol. The summed E-state index contributed by atoms with van der Waals surface area (Å²) in [5, 5.41) is 1.11. The molecule has 0 N–H and O–H groups in total. The van der Waals surface area contributed by atoms with Gasteiger partial charge in [-0.3, -0.25) is 0 Å². The van der Waals surface area contributed by atoms with E-state index in [1.807, 2.05) is 4.90 Å². The van der Waals surface area contributed by atoms with Gasteiger partial charge in [-0.2, -0.15) is 22.5 Å². The molecule has 1 aliphatic rings. The smallest absolute Gasteiger partial charge is 0.343 e. The lowest BCUT2D eigenvalue weighted by Crippen LogP contribution is -2.30. The van der Waals surface area contributed by atoms with Crippen LogP contribution >= 0.6 is 27.5 Å². The molecule has 0 radical (unpaired) electrons.